The molecule has 0 saturated carbocycles. The third-order valence-corrected chi connectivity index (χ3v) is 13.6. The first-order valence-corrected chi connectivity index (χ1v) is 22.6. The van der Waals surface area contributed by atoms with Crippen LogP contribution in [0.4, 0.5) is 28.4 Å². The van der Waals surface area contributed by atoms with Gasteiger partial charge in [-0.15, -0.1) is 0 Å². The summed E-state index contributed by atoms with van der Waals surface area (Å²) in [6.45, 7) is 0.631. The summed E-state index contributed by atoms with van der Waals surface area (Å²) in [6.07, 6.45) is 0. The predicted octanol–water partition coefficient (Wildman–Crippen LogP) is 16.7. The van der Waals surface area contributed by atoms with Crippen molar-refractivity contribution in [1.29, 1.82) is 0 Å². The second-order valence-corrected chi connectivity index (χ2v) is 17.2. The largest absolute Gasteiger partial charge is 0.456 e. The van der Waals surface area contributed by atoms with Crippen molar-refractivity contribution in [3.8, 4) is 11.1 Å². The van der Waals surface area contributed by atoms with Crippen molar-refractivity contribution >= 4 is 72.3 Å². The van der Waals surface area contributed by atoms with Gasteiger partial charge in [-0.2, -0.15) is 0 Å². The van der Waals surface area contributed by atoms with Gasteiger partial charge in [-0.25, -0.2) is 0 Å². The van der Waals surface area contributed by atoms with Gasteiger partial charge in [-0.1, -0.05) is 164 Å². The fourth-order valence-electron chi connectivity index (χ4n) is 10.8. The molecule has 1 aliphatic rings. The van der Waals surface area contributed by atoms with Crippen LogP contribution in [0.25, 0.3) is 55.0 Å². The molecular formula is C62H42N2O2. The minimum atomic E-state index is -0.504. The average Bonchev–Trinajstić information content (AvgIpc) is 4.06. The van der Waals surface area contributed by atoms with Crippen LogP contribution in [0.5, 0.6) is 0 Å². The van der Waals surface area contributed by atoms with Gasteiger partial charge in [0.05, 0.1) is 27.6 Å². The van der Waals surface area contributed by atoms with Gasteiger partial charge >= 0.3 is 0 Å². The van der Waals surface area contributed by atoms with E-state index >= 15 is 0 Å². The lowest BCUT2D eigenvalue weighted by Crippen LogP contribution is -2.29. The van der Waals surface area contributed by atoms with E-state index in [0.717, 1.165) is 77.9 Å². The number of nitrogens with zero attached hydrogens (tertiary/aromatic N) is 2. The number of furan rings is 2. The Morgan fingerprint density at radius 3 is 1.53 bits per heavy atom. The lowest BCUT2D eigenvalue weighted by Gasteiger charge is -2.35. The predicted molar refractivity (Wildman–Crippen MR) is 272 cm³/mol. The van der Waals surface area contributed by atoms with E-state index in [2.05, 4.69) is 240 Å². The Balaban J connectivity index is 0.976. The smallest absolute Gasteiger partial charge is 0.137 e. The molecule has 0 amide bonds. The summed E-state index contributed by atoms with van der Waals surface area (Å²) in [6, 6.07) is 87.2. The highest BCUT2D eigenvalue weighted by Gasteiger charge is 2.46. The van der Waals surface area contributed by atoms with E-state index in [1.165, 1.54) is 33.4 Å². The summed E-state index contributed by atoms with van der Waals surface area (Å²) in [4.78, 5) is 4.80. The van der Waals surface area contributed by atoms with Gasteiger partial charge in [-0.05, 0) is 118 Å². The molecule has 312 valence electrons. The molecule has 66 heavy (non-hydrogen) atoms. The van der Waals surface area contributed by atoms with Gasteiger partial charge in [0, 0.05) is 34.4 Å². The number of fused-ring (bicyclic) bond motifs is 9. The van der Waals surface area contributed by atoms with Crippen molar-refractivity contribution in [2.75, 3.05) is 9.80 Å². The molecule has 0 atom stereocenters. The maximum absolute atomic E-state index is 6.71. The van der Waals surface area contributed by atoms with E-state index < -0.39 is 5.41 Å². The van der Waals surface area contributed by atoms with E-state index in [1.54, 1.807) is 0 Å². The molecule has 0 spiro atoms. The molecule has 10 aromatic carbocycles. The Hall–Kier alpha value is -8.60. The van der Waals surface area contributed by atoms with E-state index in [9.17, 15) is 0 Å². The number of hydrogen-bond acceptors (Lipinski definition) is 4. The van der Waals surface area contributed by atoms with Crippen LogP contribution in [-0.2, 0) is 12.0 Å². The van der Waals surface area contributed by atoms with Gasteiger partial charge < -0.3 is 18.6 Å². The Morgan fingerprint density at radius 2 is 0.848 bits per heavy atom. The number of benzene rings is 10. The second kappa shape index (κ2) is 15.3. The van der Waals surface area contributed by atoms with Crippen LogP contribution in [0.3, 0.4) is 0 Å². The maximum Gasteiger partial charge on any atom is 0.137 e. The van der Waals surface area contributed by atoms with E-state index in [0.29, 0.717) is 6.54 Å². The van der Waals surface area contributed by atoms with Gasteiger partial charge in [0.1, 0.15) is 22.3 Å². The zero-order valence-corrected chi connectivity index (χ0v) is 36.0. The Morgan fingerprint density at radius 1 is 0.348 bits per heavy atom. The highest BCUT2D eigenvalue weighted by molar-refractivity contribution is 6.17. The Bertz CT molecular complexity index is 3710. The topological polar surface area (TPSA) is 32.8 Å². The highest BCUT2D eigenvalue weighted by Crippen LogP contribution is 2.56. The molecule has 0 fully saturated rings. The minimum absolute atomic E-state index is 0.504. The standard InChI is InChI=1S/C62H42N2O2/c1-4-19-43(20-5-1)62(52-30-13-10-27-48(52)49-28-11-14-31-53(49)62)44-21-16-26-47(40-44)63(45-22-6-2-7-23-45)41-42-37-38-57-51(39-42)61-55(33-18-36-59(61)66-57)64(46-24-8-3-9-25-46)54-32-17-35-58-60(54)50-29-12-15-34-56(50)65-58/h1-40H,41H2. The molecule has 0 aliphatic heterocycles. The van der Waals surface area contributed by atoms with Crippen molar-refractivity contribution in [2.45, 2.75) is 12.0 Å². The molecule has 4 heteroatoms. The lowest BCUT2D eigenvalue weighted by atomic mass is 9.67. The number of anilines is 5. The molecule has 4 nitrogen and oxygen atoms in total. The number of hydrogen-bond donors (Lipinski definition) is 0. The van der Waals surface area contributed by atoms with Crippen LogP contribution >= 0.6 is 0 Å². The van der Waals surface area contributed by atoms with E-state index in [1.807, 2.05) is 12.1 Å². The summed E-state index contributed by atoms with van der Waals surface area (Å²) >= 11 is 0. The van der Waals surface area contributed by atoms with Crippen molar-refractivity contribution in [2.24, 2.45) is 0 Å². The zero-order chi connectivity index (χ0) is 43.6. The van der Waals surface area contributed by atoms with Crippen LogP contribution in [0.15, 0.2) is 251 Å². The van der Waals surface area contributed by atoms with Crippen LogP contribution in [0.1, 0.15) is 27.8 Å². The minimum Gasteiger partial charge on any atom is -0.456 e. The molecular weight excluding hydrogens is 805 g/mol. The first-order valence-electron chi connectivity index (χ1n) is 22.6. The zero-order valence-electron chi connectivity index (χ0n) is 36.0. The quantitative estimate of drug-likeness (QED) is 0.145. The fourth-order valence-corrected chi connectivity index (χ4v) is 10.8. The molecule has 0 saturated heterocycles. The monoisotopic (exact) mass is 846 g/mol. The molecule has 0 radical (unpaired) electrons. The van der Waals surface area contributed by atoms with Crippen LogP contribution in [0.2, 0.25) is 0 Å². The molecule has 2 heterocycles. The Kier molecular flexibility index (Phi) is 8.78. The summed E-state index contributed by atoms with van der Waals surface area (Å²) < 4.78 is 13.1. The van der Waals surface area contributed by atoms with Crippen molar-refractivity contribution in [3.63, 3.8) is 0 Å². The lowest BCUT2D eigenvalue weighted by molar-refractivity contribution is 0.668. The summed E-state index contributed by atoms with van der Waals surface area (Å²) in [7, 11) is 0. The van der Waals surface area contributed by atoms with Crippen LogP contribution in [-0.4, -0.2) is 0 Å². The van der Waals surface area contributed by atoms with Gasteiger partial charge in [-0.3, -0.25) is 0 Å². The van der Waals surface area contributed by atoms with E-state index in [-0.39, 0.29) is 0 Å². The second-order valence-electron chi connectivity index (χ2n) is 17.2. The van der Waals surface area contributed by atoms with Crippen LogP contribution in [0, 0.1) is 0 Å². The van der Waals surface area contributed by atoms with Crippen molar-refractivity contribution in [1.82, 2.24) is 0 Å². The van der Waals surface area contributed by atoms with Crippen molar-refractivity contribution < 1.29 is 8.83 Å². The number of para-hydroxylation sites is 3. The molecule has 0 N–H and O–H groups in total. The normalized spacial score (nSPS) is 12.7. The third-order valence-electron chi connectivity index (χ3n) is 13.6. The van der Waals surface area contributed by atoms with Gasteiger partial charge in [0.15, 0.2) is 0 Å². The van der Waals surface area contributed by atoms with Crippen LogP contribution < -0.4 is 9.80 Å². The molecule has 0 unspecified atom stereocenters. The fraction of sp³-hybridized carbons (Fsp3) is 0.0323. The SMILES string of the molecule is c1ccc(N(Cc2ccc3oc4cccc(N(c5ccccc5)c5cccc6oc7ccccc7c56)c4c3c2)c2cccc(C3(c4ccccc4)c4ccccc4-c4ccccc43)c2)cc1. The molecule has 1 aliphatic carbocycles. The van der Waals surface area contributed by atoms with Gasteiger partial charge in [0.25, 0.3) is 0 Å². The maximum atomic E-state index is 6.71. The summed E-state index contributed by atoms with van der Waals surface area (Å²) in [5, 5.41) is 4.27. The average molecular weight is 847 g/mol. The van der Waals surface area contributed by atoms with E-state index in [4.69, 9.17) is 8.83 Å². The first kappa shape index (κ1) is 37.9. The molecule has 2 aromatic heterocycles. The van der Waals surface area contributed by atoms with Gasteiger partial charge in [0.2, 0.25) is 0 Å². The summed E-state index contributed by atoms with van der Waals surface area (Å²) in [5.41, 5.74) is 17.0. The molecule has 12 aromatic rings. The highest BCUT2D eigenvalue weighted by atomic mass is 16.3. The number of rotatable bonds is 9. The molecule has 0 bridgehead atoms. The third kappa shape index (κ3) is 5.85. The molecule has 13 rings (SSSR count). The first-order chi connectivity index (χ1) is 32.7. The Labute approximate surface area is 382 Å². The van der Waals surface area contributed by atoms with Crippen molar-refractivity contribution in [3.05, 3.63) is 270 Å². The summed E-state index contributed by atoms with van der Waals surface area (Å²) in [5.74, 6) is 0.